The lowest BCUT2D eigenvalue weighted by atomic mass is 10.1. The van der Waals surface area contributed by atoms with Crippen LogP contribution in [0.3, 0.4) is 0 Å². The molecule has 2 aromatic rings. The van der Waals surface area contributed by atoms with Crippen LogP contribution in [0.1, 0.15) is 22.3 Å². The zero-order valence-electron chi connectivity index (χ0n) is 15.2. The molecule has 0 aliphatic heterocycles. The van der Waals surface area contributed by atoms with Crippen LogP contribution < -0.4 is 0 Å². The predicted molar refractivity (Wildman–Crippen MR) is 95.4 cm³/mol. The number of amides is 1. The molecule has 0 aromatic heterocycles. The molecule has 0 saturated heterocycles. The second kappa shape index (κ2) is 8.36. The van der Waals surface area contributed by atoms with Crippen molar-refractivity contribution in [3.63, 3.8) is 0 Å². The molecule has 0 aliphatic rings. The summed E-state index contributed by atoms with van der Waals surface area (Å²) in [4.78, 5) is 15.8. The van der Waals surface area contributed by atoms with E-state index in [0.717, 1.165) is 28.8 Å². The number of carbonyl (C=O) groups is 1. The Balaban J connectivity index is 1.89. The first-order chi connectivity index (χ1) is 12.2. The average molecular weight is 364 g/mol. The van der Waals surface area contributed by atoms with E-state index in [2.05, 4.69) is 0 Å². The molecule has 2 rings (SSSR count). The van der Waals surface area contributed by atoms with E-state index >= 15 is 0 Å². The quantitative estimate of drug-likeness (QED) is 0.770. The fourth-order valence-electron chi connectivity index (χ4n) is 2.65. The van der Waals surface area contributed by atoms with Crippen LogP contribution >= 0.6 is 0 Å². The first-order valence-corrected chi connectivity index (χ1v) is 8.30. The Morgan fingerprint density at radius 1 is 0.962 bits per heavy atom. The lowest BCUT2D eigenvalue weighted by Crippen LogP contribution is -2.36. The zero-order chi connectivity index (χ0) is 19.3. The molecule has 0 spiro atoms. The van der Waals surface area contributed by atoms with Crippen molar-refractivity contribution < 1.29 is 18.0 Å². The van der Waals surface area contributed by atoms with Crippen molar-refractivity contribution in [1.82, 2.24) is 9.80 Å². The molecule has 1 amide bonds. The van der Waals surface area contributed by atoms with Crippen LogP contribution in [0.5, 0.6) is 0 Å². The van der Waals surface area contributed by atoms with Gasteiger partial charge in [-0.2, -0.15) is 13.2 Å². The van der Waals surface area contributed by atoms with Gasteiger partial charge in [0.15, 0.2) is 0 Å². The second-order valence-electron chi connectivity index (χ2n) is 6.54. The van der Waals surface area contributed by atoms with Crippen LogP contribution in [0, 0.1) is 6.92 Å². The molecule has 3 nitrogen and oxygen atoms in total. The summed E-state index contributed by atoms with van der Waals surface area (Å²) in [5.41, 5.74) is 2.28. The smallest absolute Gasteiger partial charge is 0.340 e. The first-order valence-electron chi connectivity index (χ1n) is 8.30. The van der Waals surface area contributed by atoms with Gasteiger partial charge in [0.25, 0.3) is 0 Å². The van der Waals surface area contributed by atoms with E-state index in [0.29, 0.717) is 13.1 Å². The molecule has 0 N–H and O–H groups in total. The number of hydrogen-bond acceptors (Lipinski definition) is 2. The number of benzene rings is 2. The third-order valence-corrected chi connectivity index (χ3v) is 4.23. The van der Waals surface area contributed by atoms with Gasteiger partial charge in [-0.25, -0.2) is 0 Å². The summed E-state index contributed by atoms with van der Waals surface area (Å²) in [5, 5.41) is 0. The van der Waals surface area contributed by atoms with Crippen molar-refractivity contribution in [1.29, 1.82) is 0 Å². The number of carbonyl (C=O) groups excluding carboxylic acids is 1. The molecule has 0 unspecified atom stereocenters. The van der Waals surface area contributed by atoms with Gasteiger partial charge >= 0.3 is 6.18 Å². The summed E-state index contributed by atoms with van der Waals surface area (Å²) in [6, 6.07) is 12.9. The van der Waals surface area contributed by atoms with Crippen LogP contribution in [-0.4, -0.2) is 36.3 Å². The number of rotatable bonds is 6. The van der Waals surface area contributed by atoms with Crippen molar-refractivity contribution in [3.8, 4) is 0 Å². The van der Waals surface area contributed by atoms with Gasteiger partial charge in [0.05, 0.1) is 12.1 Å². The van der Waals surface area contributed by atoms with Crippen LogP contribution in [0.25, 0.3) is 0 Å². The van der Waals surface area contributed by atoms with E-state index in [-0.39, 0.29) is 12.5 Å². The Hall–Kier alpha value is -2.34. The van der Waals surface area contributed by atoms with Crippen molar-refractivity contribution in [2.24, 2.45) is 0 Å². The molecular formula is C20H23F3N2O. The SMILES string of the molecule is Cc1ccccc1CN(C)C(=O)CN(C)Cc1ccc(C(F)(F)F)cc1. The number of likely N-dealkylation sites (N-methyl/N-ethyl adjacent to an activating group) is 2. The lowest BCUT2D eigenvalue weighted by molar-refractivity contribution is -0.137. The third kappa shape index (κ3) is 5.59. The number of halogens is 3. The Kier molecular flexibility index (Phi) is 6.42. The largest absolute Gasteiger partial charge is 0.416 e. The summed E-state index contributed by atoms with van der Waals surface area (Å²) in [5.74, 6) is -0.0392. The highest BCUT2D eigenvalue weighted by molar-refractivity contribution is 5.78. The minimum Gasteiger partial charge on any atom is -0.340 e. The molecule has 0 fully saturated rings. The maximum Gasteiger partial charge on any atom is 0.416 e. The molecule has 0 radical (unpaired) electrons. The minimum absolute atomic E-state index is 0.0392. The lowest BCUT2D eigenvalue weighted by Gasteiger charge is -2.23. The maximum absolute atomic E-state index is 12.6. The van der Waals surface area contributed by atoms with E-state index in [1.807, 2.05) is 31.2 Å². The van der Waals surface area contributed by atoms with Crippen LogP contribution in [0.4, 0.5) is 13.2 Å². The van der Waals surface area contributed by atoms with Gasteiger partial charge in [0, 0.05) is 20.1 Å². The maximum atomic E-state index is 12.6. The molecule has 6 heteroatoms. The molecular weight excluding hydrogens is 341 g/mol. The monoisotopic (exact) mass is 364 g/mol. The third-order valence-electron chi connectivity index (χ3n) is 4.23. The van der Waals surface area contributed by atoms with Crippen LogP contribution in [0.15, 0.2) is 48.5 Å². The van der Waals surface area contributed by atoms with Gasteiger partial charge in [-0.3, -0.25) is 9.69 Å². The molecule has 0 aliphatic carbocycles. The van der Waals surface area contributed by atoms with Crippen LogP contribution in [0.2, 0.25) is 0 Å². The van der Waals surface area contributed by atoms with Crippen molar-refractivity contribution in [2.75, 3.05) is 20.6 Å². The van der Waals surface area contributed by atoms with E-state index < -0.39 is 11.7 Å². The molecule has 0 atom stereocenters. The van der Waals surface area contributed by atoms with Gasteiger partial charge in [0.2, 0.25) is 5.91 Å². The summed E-state index contributed by atoms with van der Waals surface area (Å²) in [6.45, 7) is 3.13. The van der Waals surface area contributed by atoms with E-state index in [1.54, 1.807) is 23.9 Å². The summed E-state index contributed by atoms with van der Waals surface area (Å²) in [7, 11) is 3.53. The summed E-state index contributed by atoms with van der Waals surface area (Å²) >= 11 is 0. The fraction of sp³-hybridized carbons (Fsp3) is 0.350. The Labute approximate surface area is 152 Å². The summed E-state index contributed by atoms with van der Waals surface area (Å²) in [6.07, 6.45) is -4.33. The van der Waals surface area contributed by atoms with Crippen molar-refractivity contribution >= 4 is 5.91 Å². The van der Waals surface area contributed by atoms with Crippen molar-refractivity contribution in [3.05, 3.63) is 70.8 Å². The Bertz CT molecular complexity index is 741. The number of hydrogen-bond donors (Lipinski definition) is 0. The second-order valence-corrected chi connectivity index (χ2v) is 6.54. The highest BCUT2D eigenvalue weighted by Gasteiger charge is 2.29. The molecule has 140 valence electrons. The Morgan fingerprint density at radius 3 is 2.15 bits per heavy atom. The van der Waals surface area contributed by atoms with E-state index in [9.17, 15) is 18.0 Å². The average Bonchev–Trinajstić information content (AvgIpc) is 2.56. The molecule has 0 saturated carbocycles. The van der Waals surface area contributed by atoms with Crippen LogP contribution in [-0.2, 0) is 24.1 Å². The molecule has 0 heterocycles. The first kappa shape index (κ1) is 20.0. The van der Waals surface area contributed by atoms with Gasteiger partial charge in [-0.05, 0) is 42.8 Å². The summed E-state index contributed by atoms with van der Waals surface area (Å²) < 4.78 is 37.8. The Morgan fingerprint density at radius 2 is 1.58 bits per heavy atom. The number of aryl methyl sites for hydroxylation is 1. The number of nitrogens with zero attached hydrogens (tertiary/aromatic N) is 2. The van der Waals surface area contributed by atoms with Gasteiger partial charge in [-0.15, -0.1) is 0 Å². The van der Waals surface area contributed by atoms with Gasteiger partial charge < -0.3 is 4.90 Å². The molecule has 2 aromatic carbocycles. The highest BCUT2D eigenvalue weighted by atomic mass is 19.4. The van der Waals surface area contributed by atoms with E-state index in [4.69, 9.17) is 0 Å². The fourth-order valence-corrected chi connectivity index (χ4v) is 2.65. The van der Waals surface area contributed by atoms with Gasteiger partial charge in [-0.1, -0.05) is 36.4 Å². The van der Waals surface area contributed by atoms with E-state index in [1.165, 1.54) is 12.1 Å². The van der Waals surface area contributed by atoms with Crippen molar-refractivity contribution in [2.45, 2.75) is 26.2 Å². The molecule has 26 heavy (non-hydrogen) atoms. The normalized spacial score (nSPS) is 11.7. The zero-order valence-corrected chi connectivity index (χ0v) is 15.2. The highest BCUT2D eigenvalue weighted by Crippen LogP contribution is 2.29. The molecule has 0 bridgehead atoms. The standard InChI is InChI=1S/C20H23F3N2O/c1-15-6-4-5-7-17(15)13-25(3)19(26)14-24(2)12-16-8-10-18(11-9-16)20(21,22)23/h4-11H,12-14H2,1-3H3. The number of alkyl halides is 3. The van der Waals surface area contributed by atoms with Gasteiger partial charge in [0.1, 0.15) is 0 Å². The minimum atomic E-state index is -4.33. The predicted octanol–water partition coefficient (Wildman–Crippen LogP) is 4.10. The topological polar surface area (TPSA) is 23.6 Å².